The lowest BCUT2D eigenvalue weighted by molar-refractivity contribution is -0.118. The second-order valence-corrected chi connectivity index (χ2v) is 4.99. The second-order valence-electron chi connectivity index (χ2n) is 4.08. The summed E-state index contributed by atoms with van der Waals surface area (Å²) in [5.41, 5.74) is 0.806. The molecule has 19 heavy (non-hydrogen) atoms. The summed E-state index contributed by atoms with van der Waals surface area (Å²) >= 11 is 1.64. The highest BCUT2D eigenvalue weighted by Crippen LogP contribution is 2.13. The van der Waals surface area contributed by atoms with Gasteiger partial charge in [-0.2, -0.15) is 11.8 Å². The van der Waals surface area contributed by atoms with Crippen LogP contribution in [0.3, 0.4) is 0 Å². The van der Waals surface area contributed by atoms with Crippen LogP contribution in [0.25, 0.3) is 5.69 Å². The van der Waals surface area contributed by atoms with Crippen molar-refractivity contribution in [2.24, 2.45) is 5.92 Å². The predicted octanol–water partition coefficient (Wildman–Crippen LogP) is 1.60. The molecular formula is C12H15N5OS. The molecular weight excluding hydrogens is 262 g/mol. The van der Waals surface area contributed by atoms with E-state index in [0.717, 1.165) is 11.4 Å². The SMILES string of the molecule is CSCC(C)C(=O)Nc1nncn1-c1cccnc1. The third-order valence-electron chi connectivity index (χ3n) is 2.57. The van der Waals surface area contributed by atoms with Crippen LogP contribution in [0.15, 0.2) is 30.9 Å². The maximum Gasteiger partial charge on any atom is 0.235 e. The number of anilines is 1. The van der Waals surface area contributed by atoms with E-state index in [-0.39, 0.29) is 11.8 Å². The summed E-state index contributed by atoms with van der Waals surface area (Å²) in [5.74, 6) is 1.04. The fourth-order valence-electron chi connectivity index (χ4n) is 1.56. The van der Waals surface area contributed by atoms with Crippen LogP contribution in [0.4, 0.5) is 5.95 Å². The van der Waals surface area contributed by atoms with E-state index in [1.807, 2.05) is 25.3 Å². The molecule has 0 aromatic carbocycles. The van der Waals surface area contributed by atoms with Crippen molar-refractivity contribution in [3.63, 3.8) is 0 Å². The van der Waals surface area contributed by atoms with E-state index in [1.165, 1.54) is 0 Å². The zero-order valence-electron chi connectivity index (χ0n) is 10.8. The molecule has 0 bridgehead atoms. The largest absolute Gasteiger partial charge is 0.294 e. The van der Waals surface area contributed by atoms with Gasteiger partial charge in [0.25, 0.3) is 0 Å². The minimum atomic E-state index is -0.0750. The number of hydrogen-bond donors (Lipinski definition) is 1. The monoisotopic (exact) mass is 277 g/mol. The van der Waals surface area contributed by atoms with E-state index < -0.39 is 0 Å². The molecule has 0 aliphatic rings. The molecule has 2 aromatic rings. The number of aromatic nitrogens is 4. The lowest BCUT2D eigenvalue weighted by Crippen LogP contribution is -2.23. The molecule has 0 aliphatic heterocycles. The number of thioether (sulfide) groups is 1. The molecule has 1 atom stereocenters. The van der Waals surface area contributed by atoms with E-state index in [2.05, 4.69) is 20.5 Å². The van der Waals surface area contributed by atoms with Crippen LogP contribution >= 0.6 is 11.8 Å². The molecule has 2 aromatic heterocycles. The third kappa shape index (κ3) is 3.31. The highest BCUT2D eigenvalue weighted by atomic mass is 32.2. The van der Waals surface area contributed by atoms with Gasteiger partial charge in [-0.05, 0) is 18.4 Å². The molecule has 6 nitrogen and oxygen atoms in total. The van der Waals surface area contributed by atoms with Crippen molar-refractivity contribution < 1.29 is 4.79 Å². The van der Waals surface area contributed by atoms with Crippen molar-refractivity contribution in [2.75, 3.05) is 17.3 Å². The van der Waals surface area contributed by atoms with Gasteiger partial charge in [-0.25, -0.2) is 0 Å². The topological polar surface area (TPSA) is 72.7 Å². The second kappa shape index (κ2) is 6.33. The summed E-state index contributed by atoms with van der Waals surface area (Å²) in [6.07, 6.45) is 6.89. The van der Waals surface area contributed by atoms with E-state index in [9.17, 15) is 4.79 Å². The quantitative estimate of drug-likeness (QED) is 0.898. The van der Waals surface area contributed by atoms with E-state index in [4.69, 9.17) is 0 Å². The first-order chi connectivity index (χ1) is 9.22. The molecule has 1 unspecified atom stereocenters. The Labute approximate surface area is 115 Å². The number of carbonyl (C=O) groups is 1. The van der Waals surface area contributed by atoms with Gasteiger partial charge in [0.2, 0.25) is 11.9 Å². The Bertz CT molecular complexity index is 542. The molecule has 1 amide bonds. The van der Waals surface area contributed by atoms with Crippen molar-refractivity contribution >= 4 is 23.6 Å². The first-order valence-corrected chi connectivity index (χ1v) is 7.22. The number of nitrogens with one attached hydrogen (secondary N) is 1. The molecule has 0 radical (unpaired) electrons. The number of hydrogen-bond acceptors (Lipinski definition) is 5. The van der Waals surface area contributed by atoms with Crippen LogP contribution in [0.2, 0.25) is 0 Å². The summed E-state index contributed by atoms with van der Waals surface area (Å²) in [5, 5.41) is 10.5. The van der Waals surface area contributed by atoms with Crippen LogP contribution in [0, 0.1) is 5.92 Å². The van der Waals surface area contributed by atoms with Crippen LogP contribution in [-0.4, -0.2) is 37.7 Å². The van der Waals surface area contributed by atoms with Crippen molar-refractivity contribution in [1.82, 2.24) is 19.7 Å². The van der Waals surface area contributed by atoms with Gasteiger partial charge >= 0.3 is 0 Å². The highest BCUT2D eigenvalue weighted by Gasteiger charge is 2.15. The van der Waals surface area contributed by atoms with Gasteiger partial charge < -0.3 is 0 Å². The Kier molecular flexibility index (Phi) is 4.51. The lowest BCUT2D eigenvalue weighted by Gasteiger charge is -2.11. The Morgan fingerprint density at radius 1 is 1.58 bits per heavy atom. The first kappa shape index (κ1) is 13.5. The molecule has 0 aliphatic carbocycles. The molecule has 0 fully saturated rings. The predicted molar refractivity (Wildman–Crippen MR) is 75.3 cm³/mol. The number of pyridine rings is 1. The highest BCUT2D eigenvalue weighted by molar-refractivity contribution is 7.98. The van der Waals surface area contributed by atoms with Gasteiger partial charge in [-0.15, -0.1) is 10.2 Å². The van der Waals surface area contributed by atoms with E-state index in [0.29, 0.717) is 5.95 Å². The molecule has 0 saturated heterocycles. The normalized spacial score (nSPS) is 12.1. The Hall–Kier alpha value is -1.89. The number of rotatable bonds is 5. The van der Waals surface area contributed by atoms with Gasteiger partial charge in [0.1, 0.15) is 6.33 Å². The summed E-state index contributed by atoms with van der Waals surface area (Å²) < 4.78 is 1.69. The Morgan fingerprint density at radius 3 is 3.11 bits per heavy atom. The molecule has 7 heteroatoms. The minimum Gasteiger partial charge on any atom is -0.294 e. The summed E-state index contributed by atoms with van der Waals surface area (Å²) in [7, 11) is 0. The molecule has 100 valence electrons. The van der Waals surface area contributed by atoms with Gasteiger partial charge in [-0.3, -0.25) is 19.7 Å². The lowest BCUT2D eigenvalue weighted by atomic mass is 10.2. The van der Waals surface area contributed by atoms with Crippen LogP contribution < -0.4 is 5.32 Å². The maximum atomic E-state index is 12.0. The van der Waals surface area contributed by atoms with Crippen molar-refractivity contribution in [3.8, 4) is 5.69 Å². The average Bonchev–Trinajstić information content (AvgIpc) is 2.88. The smallest absolute Gasteiger partial charge is 0.235 e. The van der Waals surface area contributed by atoms with Crippen molar-refractivity contribution in [2.45, 2.75) is 6.92 Å². The molecule has 0 saturated carbocycles. The zero-order chi connectivity index (χ0) is 13.7. The van der Waals surface area contributed by atoms with Gasteiger partial charge in [0, 0.05) is 17.9 Å². The first-order valence-electron chi connectivity index (χ1n) is 5.82. The van der Waals surface area contributed by atoms with Gasteiger partial charge in [0.05, 0.1) is 11.9 Å². The third-order valence-corrected chi connectivity index (χ3v) is 3.40. The minimum absolute atomic E-state index is 0.0625. The van der Waals surface area contributed by atoms with Crippen LogP contribution in [0.5, 0.6) is 0 Å². The summed E-state index contributed by atoms with van der Waals surface area (Å²) in [6, 6.07) is 3.69. The number of nitrogens with zero attached hydrogens (tertiary/aromatic N) is 4. The molecule has 0 spiro atoms. The van der Waals surface area contributed by atoms with Gasteiger partial charge in [-0.1, -0.05) is 6.92 Å². The Balaban J connectivity index is 2.15. The zero-order valence-corrected chi connectivity index (χ0v) is 11.6. The van der Waals surface area contributed by atoms with E-state index in [1.54, 1.807) is 35.0 Å². The number of amides is 1. The summed E-state index contributed by atoms with van der Waals surface area (Å²) in [4.78, 5) is 16.0. The molecule has 1 N–H and O–H groups in total. The van der Waals surface area contributed by atoms with Crippen molar-refractivity contribution in [3.05, 3.63) is 30.9 Å². The molecule has 2 rings (SSSR count). The fourth-order valence-corrected chi connectivity index (χ4v) is 2.22. The standard InChI is InChI=1S/C12H15N5OS/c1-9(7-19-2)11(18)15-12-16-14-8-17(12)10-4-3-5-13-6-10/h3-6,8-9H,7H2,1-2H3,(H,15,16,18). The van der Waals surface area contributed by atoms with Crippen molar-refractivity contribution in [1.29, 1.82) is 0 Å². The Morgan fingerprint density at radius 2 is 2.42 bits per heavy atom. The van der Waals surface area contributed by atoms with Crippen LogP contribution in [0.1, 0.15) is 6.92 Å². The fraction of sp³-hybridized carbons (Fsp3) is 0.333. The van der Waals surface area contributed by atoms with E-state index >= 15 is 0 Å². The summed E-state index contributed by atoms with van der Waals surface area (Å²) in [6.45, 7) is 1.89. The average molecular weight is 277 g/mol. The van der Waals surface area contributed by atoms with Gasteiger partial charge in [0.15, 0.2) is 0 Å². The molecule has 2 heterocycles. The maximum absolute atomic E-state index is 12.0. The van der Waals surface area contributed by atoms with Crippen LogP contribution in [-0.2, 0) is 4.79 Å². The number of carbonyl (C=O) groups excluding carboxylic acids is 1.